The van der Waals surface area contributed by atoms with Crippen LogP contribution >= 0.6 is 0 Å². The van der Waals surface area contributed by atoms with E-state index in [2.05, 4.69) is 25.1 Å². The number of aromatic nitrogens is 4. The van der Waals surface area contributed by atoms with Gasteiger partial charge in [-0.15, -0.1) is 0 Å². The molecule has 4 rings (SSSR count). The number of aromatic amines is 1. The minimum atomic E-state index is -0.0163. The summed E-state index contributed by atoms with van der Waals surface area (Å²) in [4.78, 5) is 16.7. The molecule has 2 aromatic heterocycles. The molecule has 1 atom stereocenters. The monoisotopic (exact) mass is 281 g/mol. The first-order chi connectivity index (χ1) is 10.3. The van der Waals surface area contributed by atoms with Gasteiger partial charge in [0.1, 0.15) is 5.82 Å². The summed E-state index contributed by atoms with van der Waals surface area (Å²) in [5, 5.41) is 10.9. The van der Waals surface area contributed by atoms with E-state index in [4.69, 9.17) is 0 Å². The Morgan fingerprint density at radius 2 is 2.38 bits per heavy atom. The minimum Gasteiger partial charge on any atom is -0.335 e. The van der Waals surface area contributed by atoms with Crippen molar-refractivity contribution in [2.24, 2.45) is 5.92 Å². The maximum absolute atomic E-state index is 12.4. The first-order valence-corrected chi connectivity index (χ1v) is 7.03. The van der Waals surface area contributed by atoms with Crippen LogP contribution in [0.15, 0.2) is 36.8 Å². The number of rotatable bonds is 2. The number of amides is 1. The largest absolute Gasteiger partial charge is 0.335 e. The molecule has 1 unspecified atom stereocenters. The molecular weight excluding hydrogens is 266 g/mol. The molecule has 21 heavy (non-hydrogen) atoms. The van der Waals surface area contributed by atoms with Gasteiger partial charge in [0.25, 0.3) is 0 Å². The fourth-order valence-electron chi connectivity index (χ4n) is 2.83. The fourth-order valence-corrected chi connectivity index (χ4v) is 2.83. The Hall–Kier alpha value is -2.63. The van der Waals surface area contributed by atoms with Crippen LogP contribution in [0.2, 0.25) is 0 Å². The lowest BCUT2D eigenvalue weighted by atomic mass is 9.97. The maximum atomic E-state index is 12.4. The van der Waals surface area contributed by atoms with Crippen LogP contribution in [0.5, 0.6) is 0 Å². The molecule has 0 bridgehead atoms. The number of H-pyrrole nitrogens is 1. The van der Waals surface area contributed by atoms with Crippen LogP contribution in [0.1, 0.15) is 12.2 Å². The third-order valence-electron chi connectivity index (χ3n) is 4.03. The zero-order chi connectivity index (χ0) is 14.2. The van der Waals surface area contributed by atoms with E-state index >= 15 is 0 Å². The molecule has 0 spiro atoms. The molecule has 0 saturated heterocycles. The second-order valence-electron chi connectivity index (χ2n) is 5.39. The van der Waals surface area contributed by atoms with E-state index in [1.54, 1.807) is 12.4 Å². The van der Waals surface area contributed by atoms with Crippen LogP contribution < -0.4 is 5.32 Å². The molecular formula is C15H15N5O. The first kappa shape index (κ1) is 12.1. The molecule has 0 saturated carbocycles. The van der Waals surface area contributed by atoms with Gasteiger partial charge in [-0.2, -0.15) is 5.10 Å². The summed E-state index contributed by atoms with van der Waals surface area (Å²) < 4.78 is 2.11. The summed E-state index contributed by atoms with van der Waals surface area (Å²) in [7, 11) is 0. The Morgan fingerprint density at radius 1 is 1.43 bits per heavy atom. The summed E-state index contributed by atoms with van der Waals surface area (Å²) in [6.07, 6.45) is 7.08. The van der Waals surface area contributed by atoms with Crippen LogP contribution in [-0.2, 0) is 17.8 Å². The molecule has 0 aliphatic carbocycles. The predicted octanol–water partition coefficient (Wildman–Crippen LogP) is 1.96. The highest BCUT2D eigenvalue weighted by atomic mass is 16.1. The molecule has 0 radical (unpaired) electrons. The normalized spacial score (nSPS) is 17.6. The summed E-state index contributed by atoms with van der Waals surface area (Å²) in [5.41, 5.74) is 1.72. The molecule has 1 amide bonds. The number of fused-ring (bicyclic) bond motifs is 2. The van der Waals surface area contributed by atoms with E-state index in [9.17, 15) is 4.79 Å². The average molecular weight is 281 g/mol. The molecule has 1 aliphatic rings. The van der Waals surface area contributed by atoms with E-state index in [-0.39, 0.29) is 11.8 Å². The van der Waals surface area contributed by atoms with Crippen molar-refractivity contribution < 1.29 is 4.79 Å². The number of imidazole rings is 1. The summed E-state index contributed by atoms with van der Waals surface area (Å²) >= 11 is 0. The van der Waals surface area contributed by atoms with Crippen molar-refractivity contribution in [3.05, 3.63) is 42.6 Å². The zero-order valence-electron chi connectivity index (χ0n) is 11.4. The number of hydrogen-bond donors (Lipinski definition) is 2. The fraction of sp³-hybridized carbons (Fsp3) is 0.267. The van der Waals surface area contributed by atoms with Crippen LogP contribution in [0.25, 0.3) is 10.9 Å². The van der Waals surface area contributed by atoms with Crippen LogP contribution in [-0.4, -0.2) is 25.7 Å². The number of carbonyl (C=O) groups excluding carboxylic acids is 1. The predicted molar refractivity (Wildman–Crippen MR) is 78.8 cm³/mol. The van der Waals surface area contributed by atoms with Gasteiger partial charge in [0.05, 0.1) is 11.7 Å². The molecule has 6 nitrogen and oxygen atoms in total. The standard InChI is InChI=1S/C15H15N5O/c21-15(10-3-5-20-6-4-16-14(20)7-10)18-12-2-1-11-9-17-19-13(11)8-12/h1-2,4,6,8-10H,3,5,7H2,(H,17,19)(H,18,21). The number of hydrogen-bond acceptors (Lipinski definition) is 3. The van der Waals surface area contributed by atoms with Gasteiger partial charge in [0, 0.05) is 42.4 Å². The van der Waals surface area contributed by atoms with Crippen molar-refractivity contribution in [1.82, 2.24) is 19.7 Å². The van der Waals surface area contributed by atoms with Crippen LogP contribution in [0.4, 0.5) is 5.69 Å². The van der Waals surface area contributed by atoms with Gasteiger partial charge in [0.15, 0.2) is 0 Å². The highest BCUT2D eigenvalue weighted by Crippen LogP contribution is 2.22. The van der Waals surface area contributed by atoms with E-state index in [0.29, 0.717) is 6.42 Å². The van der Waals surface area contributed by atoms with E-state index < -0.39 is 0 Å². The zero-order valence-corrected chi connectivity index (χ0v) is 11.4. The summed E-state index contributed by atoms with van der Waals surface area (Å²) in [5.74, 6) is 1.03. The van der Waals surface area contributed by atoms with Crippen molar-refractivity contribution in [1.29, 1.82) is 0 Å². The molecule has 1 aromatic carbocycles. The van der Waals surface area contributed by atoms with E-state index in [0.717, 1.165) is 35.4 Å². The number of benzene rings is 1. The third kappa shape index (κ3) is 2.18. The van der Waals surface area contributed by atoms with Crippen LogP contribution in [0.3, 0.4) is 0 Å². The van der Waals surface area contributed by atoms with Crippen molar-refractivity contribution in [2.75, 3.05) is 5.32 Å². The van der Waals surface area contributed by atoms with Gasteiger partial charge in [-0.05, 0) is 24.6 Å². The topological polar surface area (TPSA) is 75.6 Å². The van der Waals surface area contributed by atoms with Gasteiger partial charge >= 0.3 is 0 Å². The number of aryl methyl sites for hydroxylation is 1. The highest BCUT2D eigenvalue weighted by Gasteiger charge is 2.25. The Balaban J connectivity index is 1.50. The second-order valence-corrected chi connectivity index (χ2v) is 5.39. The molecule has 0 fully saturated rings. The van der Waals surface area contributed by atoms with Crippen LogP contribution in [0, 0.1) is 5.92 Å². The molecule has 1 aliphatic heterocycles. The Morgan fingerprint density at radius 3 is 3.33 bits per heavy atom. The molecule has 6 heteroatoms. The van der Waals surface area contributed by atoms with Gasteiger partial charge < -0.3 is 9.88 Å². The van der Waals surface area contributed by atoms with Gasteiger partial charge in [-0.3, -0.25) is 9.89 Å². The lowest BCUT2D eigenvalue weighted by molar-refractivity contribution is -0.120. The molecule has 3 heterocycles. The third-order valence-corrected chi connectivity index (χ3v) is 4.03. The van der Waals surface area contributed by atoms with Gasteiger partial charge in [-0.1, -0.05) is 0 Å². The van der Waals surface area contributed by atoms with Crippen molar-refractivity contribution in [3.63, 3.8) is 0 Å². The second kappa shape index (κ2) is 4.73. The van der Waals surface area contributed by atoms with Crippen molar-refractivity contribution in [2.45, 2.75) is 19.4 Å². The van der Waals surface area contributed by atoms with E-state index in [1.807, 2.05) is 24.4 Å². The SMILES string of the molecule is O=C(Nc1ccc2cn[nH]c2c1)C1CCn2ccnc2C1. The summed E-state index contributed by atoms with van der Waals surface area (Å²) in [6, 6.07) is 5.76. The smallest absolute Gasteiger partial charge is 0.228 e. The number of carbonyl (C=O) groups is 1. The quantitative estimate of drug-likeness (QED) is 0.754. The lowest BCUT2D eigenvalue weighted by Gasteiger charge is -2.22. The number of nitrogens with one attached hydrogen (secondary N) is 2. The first-order valence-electron chi connectivity index (χ1n) is 7.03. The van der Waals surface area contributed by atoms with E-state index in [1.165, 1.54) is 0 Å². The number of nitrogens with zero attached hydrogens (tertiary/aromatic N) is 3. The number of anilines is 1. The Bertz CT molecular complexity index is 803. The molecule has 2 N–H and O–H groups in total. The lowest BCUT2D eigenvalue weighted by Crippen LogP contribution is -2.30. The van der Waals surface area contributed by atoms with Gasteiger partial charge in [0.2, 0.25) is 5.91 Å². The van der Waals surface area contributed by atoms with Gasteiger partial charge in [-0.25, -0.2) is 4.98 Å². The Kier molecular flexibility index (Phi) is 2.73. The molecule has 106 valence electrons. The summed E-state index contributed by atoms with van der Waals surface area (Å²) in [6.45, 7) is 0.854. The minimum absolute atomic E-state index is 0.0163. The maximum Gasteiger partial charge on any atom is 0.228 e. The highest BCUT2D eigenvalue weighted by molar-refractivity contribution is 5.94. The van der Waals surface area contributed by atoms with Crippen molar-refractivity contribution >= 4 is 22.5 Å². The average Bonchev–Trinajstić information content (AvgIpc) is 3.14. The molecule has 3 aromatic rings. The Labute approximate surface area is 121 Å². The van der Waals surface area contributed by atoms with Crippen molar-refractivity contribution in [3.8, 4) is 0 Å².